The van der Waals surface area contributed by atoms with Crippen molar-refractivity contribution in [3.63, 3.8) is 0 Å². The topological polar surface area (TPSA) is 64.4 Å². The van der Waals surface area contributed by atoms with Crippen LogP contribution in [0, 0.1) is 23.2 Å². The second kappa shape index (κ2) is 8.86. The summed E-state index contributed by atoms with van der Waals surface area (Å²) in [5, 5.41) is 19.4. The molecule has 1 amide bonds. The molecule has 1 aliphatic heterocycles. The summed E-state index contributed by atoms with van der Waals surface area (Å²) in [4.78, 5) is 14.9. The molecule has 3 aliphatic rings. The number of β-amino-alcohol motifs (C(OH)–C–C–N with tert-alkyl or cyclic N) is 1. The van der Waals surface area contributed by atoms with Gasteiger partial charge in [-0.2, -0.15) is 0 Å². The number of nitrogens with one attached hydrogen (secondary N) is 1. The van der Waals surface area contributed by atoms with Gasteiger partial charge in [0.2, 0.25) is 5.91 Å². The fraction of sp³-hybridized carbons (Fsp3) is 0.909. The molecular weight excluding hydrogens is 324 g/mol. The minimum Gasteiger partial charge on any atom is -0.388 e. The Labute approximate surface area is 159 Å². The molecule has 2 aliphatic carbocycles. The van der Waals surface area contributed by atoms with Crippen LogP contribution in [0.1, 0.15) is 96.8 Å². The maximum Gasteiger partial charge on any atom is 0.231 e. The fourth-order valence-electron chi connectivity index (χ4n) is 5.45. The van der Waals surface area contributed by atoms with E-state index >= 15 is 0 Å². The third-order valence-corrected chi connectivity index (χ3v) is 7.05. The van der Waals surface area contributed by atoms with Gasteiger partial charge < -0.3 is 5.11 Å². The van der Waals surface area contributed by atoms with E-state index in [0.29, 0.717) is 24.7 Å². The number of carbonyl (C=O) groups is 1. The van der Waals surface area contributed by atoms with Gasteiger partial charge in [0.1, 0.15) is 5.84 Å². The number of hydrogen-bond donors (Lipinski definition) is 2. The van der Waals surface area contributed by atoms with Crippen molar-refractivity contribution in [1.82, 2.24) is 4.90 Å². The second-order valence-corrected chi connectivity index (χ2v) is 9.48. The van der Waals surface area contributed by atoms with Crippen LogP contribution in [-0.2, 0) is 4.79 Å². The Morgan fingerprint density at radius 3 is 2.42 bits per heavy atom. The van der Waals surface area contributed by atoms with E-state index in [4.69, 9.17) is 5.41 Å². The predicted octanol–water partition coefficient (Wildman–Crippen LogP) is 4.89. The maximum atomic E-state index is 13.3. The van der Waals surface area contributed by atoms with Crippen molar-refractivity contribution >= 4 is 11.7 Å². The van der Waals surface area contributed by atoms with Gasteiger partial charge in [0.05, 0.1) is 12.1 Å². The molecule has 0 radical (unpaired) electrons. The smallest absolute Gasteiger partial charge is 0.231 e. The van der Waals surface area contributed by atoms with Gasteiger partial charge in [0.25, 0.3) is 0 Å². The van der Waals surface area contributed by atoms with Crippen molar-refractivity contribution in [2.45, 2.75) is 102 Å². The Kier molecular flexibility index (Phi) is 6.76. The van der Waals surface area contributed by atoms with Crippen LogP contribution in [0.3, 0.4) is 0 Å². The minimum absolute atomic E-state index is 0.0435. The molecule has 148 valence electrons. The first-order chi connectivity index (χ1) is 12.5. The molecule has 0 aromatic rings. The molecule has 2 atom stereocenters. The van der Waals surface area contributed by atoms with Gasteiger partial charge >= 0.3 is 0 Å². The monoisotopic (exact) mass is 362 g/mol. The normalized spacial score (nSPS) is 31.1. The maximum absolute atomic E-state index is 13.3. The van der Waals surface area contributed by atoms with Crippen molar-refractivity contribution in [2.75, 3.05) is 6.54 Å². The summed E-state index contributed by atoms with van der Waals surface area (Å²) in [5.74, 6) is 1.78. The van der Waals surface area contributed by atoms with Gasteiger partial charge in [0.15, 0.2) is 0 Å². The summed E-state index contributed by atoms with van der Waals surface area (Å²) < 4.78 is 0. The lowest BCUT2D eigenvalue weighted by Gasteiger charge is -2.37. The SMILES string of the molecule is C[C@@H]1CC(=N)N(CC2(O)CCCCC2)C(=O)C(CCC2CCCCC2)C1. The number of amides is 1. The lowest BCUT2D eigenvalue weighted by Crippen LogP contribution is -2.50. The number of likely N-dealkylation sites (tertiary alicyclic amines) is 1. The summed E-state index contributed by atoms with van der Waals surface area (Å²) in [6.07, 6.45) is 15.2. The van der Waals surface area contributed by atoms with E-state index in [1.54, 1.807) is 4.90 Å². The van der Waals surface area contributed by atoms with Gasteiger partial charge in [-0.3, -0.25) is 15.1 Å². The number of hydrogen-bond acceptors (Lipinski definition) is 3. The quantitative estimate of drug-likeness (QED) is 0.731. The van der Waals surface area contributed by atoms with E-state index < -0.39 is 5.60 Å². The summed E-state index contributed by atoms with van der Waals surface area (Å²) in [6, 6.07) is 0. The molecule has 26 heavy (non-hydrogen) atoms. The van der Waals surface area contributed by atoms with Crippen LogP contribution in [-0.4, -0.2) is 33.9 Å². The number of aliphatic hydroxyl groups is 1. The summed E-state index contributed by atoms with van der Waals surface area (Å²) in [7, 11) is 0. The number of carbonyl (C=O) groups excluding carboxylic acids is 1. The Morgan fingerprint density at radius 1 is 1.08 bits per heavy atom. The number of amidine groups is 1. The zero-order valence-electron chi connectivity index (χ0n) is 16.6. The average Bonchev–Trinajstić information content (AvgIpc) is 2.72. The molecular formula is C22H38N2O2. The van der Waals surface area contributed by atoms with E-state index in [-0.39, 0.29) is 11.8 Å². The summed E-state index contributed by atoms with van der Waals surface area (Å²) in [6.45, 7) is 2.52. The molecule has 0 spiro atoms. The van der Waals surface area contributed by atoms with E-state index in [9.17, 15) is 9.90 Å². The molecule has 1 unspecified atom stereocenters. The standard InChI is InChI=1S/C22H38N2O2/c1-17-14-19(11-10-18-8-4-2-5-9-18)21(25)24(20(23)15-17)16-22(26)12-6-3-7-13-22/h17-19,23,26H,2-16H2,1H3/t17-,19?/m0/s1. The Morgan fingerprint density at radius 2 is 1.73 bits per heavy atom. The van der Waals surface area contributed by atoms with Crippen LogP contribution in [0.15, 0.2) is 0 Å². The van der Waals surface area contributed by atoms with Crippen LogP contribution >= 0.6 is 0 Å². The van der Waals surface area contributed by atoms with Crippen molar-refractivity contribution in [2.24, 2.45) is 17.8 Å². The second-order valence-electron chi connectivity index (χ2n) is 9.48. The van der Waals surface area contributed by atoms with Crippen LogP contribution in [0.2, 0.25) is 0 Å². The third kappa shape index (κ3) is 5.09. The van der Waals surface area contributed by atoms with E-state index in [1.165, 1.54) is 38.5 Å². The van der Waals surface area contributed by atoms with Crippen LogP contribution in [0.4, 0.5) is 0 Å². The number of rotatable bonds is 5. The number of nitrogens with zero attached hydrogens (tertiary/aromatic N) is 1. The Balaban J connectivity index is 1.64. The molecule has 0 aromatic carbocycles. The van der Waals surface area contributed by atoms with Crippen LogP contribution in [0.25, 0.3) is 0 Å². The largest absolute Gasteiger partial charge is 0.388 e. The molecule has 4 heteroatoms. The highest BCUT2D eigenvalue weighted by Gasteiger charge is 2.39. The van der Waals surface area contributed by atoms with Gasteiger partial charge in [-0.1, -0.05) is 58.3 Å². The highest BCUT2D eigenvalue weighted by Crippen LogP contribution is 2.35. The molecule has 4 nitrogen and oxygen atoms in total. The first-order valence-corrected chi connectivity index (χ1v) is 11.1. The zero-order valence-corrected chi connectivity index (χ0v) is 16.6. The summed E-state index contributed by atoms with van der Waals surface area (Å²) in [5.41, 5.74) is -0.776. The zero-order chi connectivity index (χ0) is 18.6. The minimum atomic E-state index is -0.776. The molecule has 0 bridgehead atoms. The predicted molar refractivity (Wildman–Crippen MR) is 105 cm³/mol. The Bertz CT molecular complexity index is 492. The first kappa shape index (κ1) is 19.9. The fourth-order valence-corrected chi connectivity index (χ4v) is 5.45. The molecule has 2 N–H and O–H groups in total. The Hall–Kier alpha value is -0.900. The highest BCUT2D eigenvalue weighted by molar-refractivity contribution is 5.98. The van der Waals surface area contributed by atoms with Crippen molar-refractivity contribution in [1.29, 1.82) is 5.41 Å². The lowest BCUT2D eigenvalue weighted by molar-refractivity contribution is -0.135. The molecule has 2 saturated carbocycles. The molecule has 3 rings (SSSR count). The van der Waals surface area contributed by atoms with E-state index in [0.717, 1.165) is 50.9 Å². The highest BCUT2D eigenvalue weighted by atomic mass is 16.3. The summed E-state index contributed by atoms with van der Waals surface area (Å²) >= 11 is 0. The van der Waals surface area contributed by atoms with Gasteiger partial charge in [-0.15, -0.1) is 0 Å². The third-order valence-electron chi connectivity index (χ3n) is 7.05. The van der Waals surface area contributed by atoms with Crippen molar-refractivity contribution in [3.05, 3.63) is 0 Å². The van der Waals surface area contributed by atoms with Crippen molar-refractivity contribution in [3.8, 4) is 0 Å². The van der Waals surface area contributed by atoms with E-state index in [1.807, 2.05) is 0 Å². The van der Waals surface area contributed by atoms with Gasteiger partial charge in [-0.05, 0) is 43.9 Å². The first-order valence-electron chi connectivity index (χ1n) is 11.1. The van der Waals surface area contributed by atoms with Gasteiger partial charge in [-0.25, -0.2) is 0 Å². The molecule has 1 heterocycles. The lowest BCUT2D eigenvalue weighted by atomic mass is 9.82. The molecule has 3 fully saturated rings. The van der Waals surface area contributed by atoms with Crippen molar-refractivity contribution < 1.29 is 9.90 Å². The average molecular weight is 363 g/mol. The molecule has 1 saturated heterocycles. The molecule has 0 aromatic heterocycles. The van der Waals surface area contributed by atoms with Crippen LogP contribution < -0.4 is 0 Å². The van der Waals surface area contributed by atoms with Crippen LogP contribution in [0.5, 0.6) is 0 Å². The van der Waals surface area contributed by atoms with E-state index in [2.05, 4.69) is 6.92 Å². The van der Waals surface area contributed by atoms with Gasteiger partial charge in [0, 0.05) is 12.3 Å².